The summed E-state index contributed by atoms with van der Waals surface area (Å²) in [5.74, 6) is -1.84. The highest BCUT2D eigenvalue weighted by atomic mass is 16.5. The fraction of sp³-hybridized carbons (Fsp3) is 0.667. The molecule has 0 radical (unpaired) electrons. The molecule has 4 rings (SSSR count). The van der Waals surface area contributed by atoms with Crippen molar-refractivity contribution in [3.8, 4) is 5.75 Å². The quantitative estimate of drug-likeness (QED) is 0.424. The van der Waals surface area contributed by atoms with Gasteiger partial charge in [-0.3, -0.25) is 14.4 Å². The number of nitrogens with one attached hydrogen (secondary N) is 2. The van der Waals surface area contributed by atoms with E-state index in [9.17, 15) is 19.5 Å². The summed E-state index contributed by atoms with van der Waals surface area (Å²) < 4.78 is 12.1. The summed E-state index contributed by atoms with van der Waals surface area (Å²) in [6.07, 6.45) is 2.24. The van der Waals surface area contributed by atoms with E-state index in [-0.39, 0.29) is 30.2 Å². The number of aliphatic hydroxyl groups is 1. The molecule has 7 atom stereocenters. The number of hydrogen-bond acceptors (Lipinski definition) is 6. The van der Waals surface area contributed by atoms with Crippen LogP contribution < -0.4 is 15.4 Å². The fourth-order valence-corrected chi connectivity index (χ4v) is 6.44. The van der Waals surface area contributed by atoms with Crippen LogP contribution in [-0.2, 0) is 19.1 Å². The fourth-order valence-electron chi connectivity index (χ4n) is 6.44. The van der Waals surface area contributed by atoms with Crippen molar-refractivity contribution in [2.75, 3.05) is 25.1 Å². The smallest absolute Gasteiger partial charge is 0.245 e. The Hall–Kier alpha value is -2.65. The first-order chi connectivity index (χ1) is 17.1. The molecule has 9 heteroatoms. The Morgan fingerprint density at radius 2 is 1.94 bits per heavy atom. The summed E-state index contributed by atoms with van der Waals surface area (Å²) in [5.41, 5.74) is -1.42. The molecule has 3 N–H and O–H groups in total. The number of rotatable bonds is 10. The van der Waals surface area contributed by atoms with E-state index in [0.717, 1.165) is 12.8 Å². The SMILES string of the molecule is CCCCNC(=O)C1N([C@H](C)CO)C(=O)[C@@H]2[C@H](C(=O)Nc3ccc(OCC)cc3)[C@@]3(C)OC12CC3C. The van der Waals surface area contributed by atoms with Crippen LogP contribution in [0.25, 0.3) is 0 Å². The minimum atomic E-state index is -1.12. The van der Waals surface area contributed by atoms with Gasteiger partial charge in [0.25, 0.3) is 0 Å². The molecule has 3 saturated heterocycles. The number of likely N-dealkylation sites (tertiary alicyclic amines) is 1. The van der Waals surface area contributed by atoms with E-state index >= 15 is 0 Å². The topological polar surface area (TPSA) is 117 Å². The standard InChI is InChI=1S/C27H39N3O6/c1-6-8-13-28-24(33)22-27-14-16(3)26(5,36-27)20(21(27)25(34)30(22)17(4)15-31)23(32)29-18-9-11-19(12-10-18)35-7-2/h9-12,16-17,20-22,31H,6-8,13-15H2,1-5H3,(H,28,33)(H,29,32)/t16?,17-,20-,21+,22?,26+,27?/m1/s1. The second kappa shape index (κ2) is 10.0. The van der Waals surface area contributed by atoms with Gasteiger partial charge in [0.2, 0.25) is 17.7 Å². The van der Waals surface area contributed by atoms with Gasteiger partial charge in [-0.15, -0.1) is 0 Å². The Morgan fingerprint density at radius 3 is 2.56 bits per heavy atom. The normalized spacial score (nSPS) is 33.4. The predicted octanol–water partition coefficient (Wildman–Crippen LogP) is 2.33. The number of nitrogens with zero attached hydrogens (tertiary/aromatic N) is 1. The van der Waals surface area contributed by atoms with Crippen molar-refractivity contribution in [2.24, 2.45) is 17.8 Å². The van der Waals surface area contributed by atoms with E-state index in [1.807, 2.05) is 27.7 Å². The molecule has 3 aliphatic rings. The van der Waals surface area contributed by atoms with Crippen LogP contribution in [0.4, 0.5) is 5.69 Å². The molecule has 3 heterocycles. The first-order valence-corrected chi connectivity index (χ1v) is 13.1. The van der Waals surface area contributed by atoms with Crippen LogP contribution in [0, 0.1) is 17.8 Å². The molecule has 198 valence electrons. The van der Waals surface area contributed by atoms with Crippen molar-refractivity contribution in [1.29, 1.82) is 0 Å². The van der Waals surface area contributed by atoms with Crippen molar-refractivity contribution in [3.05, 3.63) is 24.3 Å². The number of benzene rings is 1. The van der Waals surface area contributed by atoms with Crippen LogP contribution in [0.3, 0.4) is 0 Å². The molecule has 3 aliphatic heterocycles. The first kappa shape index (κ1) is 26.4. The van der Waals surface area contributed by atoms with Gasteiger partial charge in [-0.2, -0.15) is 0 Å². The number of anilines is 1. The highest BCUT2D eigenvalue weighted by Gasteiger charge is 2.80. The maximum atomic E-state index is 13.9. The summed E-state index contributed by atoms with van der Waals surface area (Å²) in [5, 5.41) is 15.9. The van der Waals surface area contributed by atoms with Gasteiger partial charge in [-0.1, -0.05) is 20.3 Å². The number of unbranched alkanes of at least 4 members (excludes halogenated alkanes) is 1. The Bertz CT molecular complexity index is 1000. The van der Waals surface area contributed by atoms with E-state index in [0.29, 0.717) is 31.0 Å². The van der Waals surface area contributed by atoms with Crippen LogP contribution in [0.1, 0.15) is 53.9 Å². The zero-order chi connectivity index (χ0) is 26.3. The van der Waals surface area contributed by atoms with Gasteiger partial charge < -0.3 is 30.1 Å². The third kappa shape index (κ3) is 4.06. The van der Waals surface area contributed by atoms with E-state index in [4.69, 9.17) is 9.47 Å². The van der Waals surface area contributed by atoms with Crippen LogP contribution in [-0.4, -0.2) is 70.8 Å². The van der Waals surface area contributed by atoms with Gasteiger partial charge in [0, 0.05) is 12.2 Å². The van der Waals surface area contributed by atoms with Crippen LogP contribution >= 0.6 is 0 Å². The minimum absolute atomic E-state index is 0.0482. The molecular weight excluding hydrogens is 462 g/mol. The maximum absolute atomic E-state index is 13.9. The summed E-state index contributed by atoms with van der Waals surface area (Å²) in [6, 6.07) is 5.61. The van der Waals surface area contributed by atoms with Crippen molar-refractivity contribution < 1.29 is 29.0 Å². The molecular formula is C27H39N3O6. The lowest BCUT2D eigenvalue weighted by Gasteiger charge is -2.36. The monoisotopic (exact) mass is 501 g/mol. The van der Waals surface area contributed by atoms with Gasteiger partial charge in [0.1, 0.15) is 17.4 Å². The Balaban J connectivity index is 1.68. The van der Waals surface area contributed by atoms with Gasteiger partial charge in [-0.05, 0) is 63.8 Å². The summed E-state index contributed by atoms with van der Waals surface area (Å²) in [4.78, 5) is 42.6. The third-order valence-electron chi connectivity index (χ3n) is 8.28. The lowest BCUT2D eigenvalue weighted by Crippen LogP contribution is -2.57. The van der Waals surface area contributed by atoms with Gasteiger partial charge >= 0.3 is 0 Å². The Kier molecular flexibility index (Phi) is 7.35. The third-order valence-corrected chi connectivity index (χ3v) is 8.28. The molecule has 9 nitrogen and oxygen atoms in total. The molecule has 2 bridgehead atoms. The van der Waals surface area contributed by atoms with E-state index in [1.165, 1.54) is 4.90 Å². The highest BCUT2D eigenvalue weighted by molar-refractivity contribution is 6.02. The number of carbonyl (C=O) groups excluding carboxylic acids is 3. The van der Waals surface area contributed by atoms with Crippen molar-refractivity contribution in [3.63, 3.8) is 0 Å². The minimum Gasteiger partial charge on any atom is -0.494 e. The number of amides is 3. The van der Waals surface area contributed by atoms with Gasteiger partial charge in [0.05, 0.1) is 36.7 Å². The molecule has 3 fully saturated rings. The van der Waals surface area contributed by atoms with Crippen LogP contribution in [0.15, 0.2) is 24.3 Å². The summed E-state index contributed by atoms with van der Waals surface area (Å²) in [7, 11) is 0. The largest absolute Gasteiger partial charge is 0.494 e. The highest BCUT2D eigenvalue weighted by Crippen LogP contribution is 2.65. The molecule has 0 aromatic heterocycles. The van der Waals surface area contributed by atoms with E-state index < -0.39 is 35.1 Å². The van der Waals surface area contributed by atoms with Crippen molar-refractivity contribution in [1.82, 2.24) is 10.2 Å². The molecule has 3 unspecified atom stereocenters. The average Bonchev–Trinajstić information content (AvgIpc) is 3.36. The molecule has 36 heavy (non-hydrogen) atoms. The zero-order valence-corrected chi connectivity index (χ0v) is 21.9. The van der Waals surface area contributed by atoms with Crippen molar-refractivity contribution >= 4 is 23.4 Å². The lowest BCUT2D eigenvalue weighted by molar-refractivity contribution is -0.149. The second-order valence-electron chi connectivity index (χ2n) is 10.6. The van der Waals surface area contributed by atoms with E-state index in [2.05, 4.69) is 10.6 Å². The number of hydrogen-bond donors (Lipinski definition) is 3. The summed E-state index contributed by atoms with van der Waals surface area (Å²) in [6.45, 7) is 10.3. The van der Waals surface area contributed by atoms with Crippen molar-refractivity contribution in [2.45, 2.75) is 77.2 Å². The van der Waals surface area contributed by atoms with Crippen LogP contribution in [0.5, 0.6) is 5.75 Å². The van der Waals surface area contributed by atoms with Crippen LogP contribution in [0.2, 0.25) is 0 Å². The number of aliphatic hydroxyl groups excluding tert-OH is 1. The van der Waals surface area contributed by atoms with Gasteiger partial charge in [0.15, 0.2) is 0 Å². The van der Waals surface area contributed by atoms with Gasteiger partial charge in [-0.25, -0.2) is 0 Å². The summed E-state index contributed by atoms with van der Waals surface area (Å²) >= 11 is 0. The second-order valence-corrected chi connectivity index (χ2v) is 10.6. The molecule has 3 amide bonds. The Morgan fingerprint density at radius 1 is 1.25 bits per heavy atom. The Labute approximate surface area is 212 Å². The van der Waals surface area contributed by atoms with E-state index in [1.54, 1.807) is 31.2 Å². The molecule has 0 saturated carbocycles. The number of carbonyl (C=O) groups is 3. The zero-order valence-electron chi connectivity index (χ0n) is 21.9. The lowest BCUT2D eigenvalue weighted by atomic mass is 9.62. The predicted molar refractivity (Wildman–Crippen MR) is 134 cm³/mol. The maximum Gasteiger partial charge on any atom is 0.245 e. The molecule has 1 aromatic rings. The first-order valence-electron chi connectivity index (χ1n) is 13.1. The number of fused-ring (bicyclic) bond motifs is 1. The molecule has 0 aliphatic carbocycles. The number of ether oxygens (including phenoxy) is 2. The molecule has 1 spiro atoms. The average molecular weight is 502 g/mol. The molecule has 1 aromatic carbocycles.